The molecule has 0 heterocycles. The summed E-state index contributed by atoms with van der Waals surface area (Å²) in [7, 11) is 0. The molecular formula is C9H16. The van der Waals surface area contributed by atoms with Gasteiger partial charge < -0.3 is 0 Å². The molecule has 2 rings (SSSR count). The SMILES string of the molecule is [2H]C(C)C1CC2CCC1C2. The molecule has 0 radical (unpaired) electrons. The van der Waals surface area contributed by atoms with Crippen molar-refractivity contribution in [1.82, 2.24) is 0 Å². The van der Waals surface area contributed by atoms with Crippen molar-refractivity contribution in [3.05, 3.63) is 0 Å². The maximum absolute atomic E-state index is 7.63. The summed E-state index contributed by atoms with van der Waals surface area (Å²) >= 11 is 0. The maximum Gasteiger partial charge on any atom is 0.0267 e. The minimum absolute atomic E-state index is 0.204. The Bertz CT molecular complexity index is 131. The van der Waals surface area contributed by atoms with Gasteiger partial charge in [0.2, 0.25) is 0 Å². The molecule has 0 aliphatic heterocycles. The van der Waals surface area contributed by atoms with Crippen molar-refractivity contribution in [1.29, 1.82) is 0 Å². The van der Waals surface area contributed by atoms with Crippen LogP contribution < -0.4 is 0 Å². The van der Waals surface area contributed by atoms with E-state index >= 15 is 0 Å². The average molecular weight is 125 g/mol. The van der Waals surface area contributed by atoms with Gasteiger partial charge in [0.25, 0.3) is 0 Å². The highest BCUT2D eigenvalue weighted by molar-refractivity contribution is 4.88. The van der Waals surface area contributed by atoms with Crippen LogP contribution in [0.15, 0.2) is 0 Å². The molecule has 9 heavy (non-hydrogen) atoms. The monoisotopic (exact) mass is 125 g/mol. The minimum Gasteiger partial charge on any atom is -0.0651 e. The topological polar surface area (TPSA) is 0 Å². The van der Waals surface area contributed by atoms with Crippen LogP contribution >= 0.6 is 0 Å². The Balaban J connectivity index is 2.02. The number of fused-ring (bicyclic) bond motifs is 2. The second-order valence-corrected chi connectivity index (χ2v) is 3.67. The zero-order valence-corrected chi connectivity index (χ0v) is 6.14. The summed E-state index contributed by atoms with van der Waals surface area (Å²) in [4.78, 5) is 0. The molecule has 0 saturated heterocycles. The lowest BCUT2D eigenvalue weighted by molar-refractivity contribution is 0.324. The van der Waals surface area contributed by atoms with E-state index in [0.717, 1.165) is 17.8 Å². The number of hydrogen-bond acceptors (Lipinski definition) is 0. The van der Waals surface area contributed by atoms with Crippen LogP contribution in [0, 0.1) is 17.8 Å². The normalized spacial score (nSPS) is 53.4. The Kier molecular flexibility index (Phi) is 1.06. The van der Waals surface area contributed by atoms with Crippen LogP contribution in [0.3, 0.4) is 0 Å². The van der Waals surface area contributed by atoms with Gasteiger partial charge in [0.1, 0.15) is 0 Å². The quantitative estimate of drug-likeness (QED) is 0.505. The third-order valence-electron chi connectivity index (χ3n) is 3.22. The number of hydrogen-bond donors (Lipinski definition) is 0. The van der Waals surface area contributed by atoms with Crippen molar-refractivity contribution in [2.75, 3.05) is 0 Å². The van der Waals surface area contributed by atoms with E-state index in [1.807, 2.05) is 0 Å². The molecule has 52 valence electrons. The van der Waals surface area contributed by atoms with E-state index in [2.05, 4.69) is 6.92 Å². The average Bonchev–Trinajstić information content (AvgIpc) is 2.44. The van der Waals surface area contributed by atoms with E-state index in [0.29, 0.717) is 0 Å². The smallest absolute Gasteiger partial charge is 0.0267 e. The van der Waals surface area contributed by atoms with E-state index in [-0.39, 0.29) is 6.40 Å². The summed E-state index contributed by atoms with van der Waals surface area (Å²) in [6, 6.07) is 0. The Morgan fingerprint density at radius 3 is 2.67 bits per heavy atom. The zero-order valence-electron chi connectivity index (χ0n) is 7.14. The molecule has 0 spiro atoms. The third kappa shape index (κ3) is 0.798. The third-order valence-corrected chi connectivity index (χ3v) is 3.22. The summed E-state index contributed by atoms with van der Waals surface area (Å²) in [6.07, 6.45) is 5.92. The van der Waals surface area contributed by atoms with Crippen molar-refractivity contribution < 1.29 is 1.37 Å². The molecule has 4 atom stereocenters. The lowest BCUT2D eigenvalue weighted by Gasteiger charge is -2.18. The van der Waals surface area contributed by atoms with Crippen LogP contribution in [-0.4, -0.2) is 0 Å². The van der Waals surface area contributed by atoms with Gasteiger partial charge in [0, 0.05) is 1.37 Å². The Morgan fingerprint density at radius 1 is 1.44 bits per heavy atom. The van der Waals surface area contributed by atoms with Crippen molar-refractivity contribution in [2.45, 2.75) is 39.0 Å². The molecule has 0 aromatic rings. The van der Waals surface area contributed by atoms with Crippen LogP contribution in [0.2, 0.25) is 0 Å². The highest BCUT2D eigenvalue weighted by Gasteiger charge is 2.37. The lowest BCUT2D eigenvalue weighted by Crippen LogP contribution is -2.08. The lowest BCUT2D eigenvalue weighted by atomic mass is 9.87. The Morgan fingerprint density at radius 2 is 2.33 bits per heavy atom. The molecule has 2 saturated carbocycles. The number of rotatable bonds is 1. The van der Waals surface area contributed by atoms with Gasteiger partial charge in [-0.25, -0.2) is 0 Å². The van der Waals surface area contributed by atoms with Crippen molar-refractivity contribution in [2.24, 2.45) is 17.8 Å². The summed E-state index contributed by atoms with van der Waals surface area (Å²) < 4.78 is 7.63. The molecule has 0 amide bonds. The Labute approximate surface area is 59.1 Å². The van der Waals surface area contributed by atoms with Gasteiger partial charge in [-0.2, -0.15) is 0 Å². The summed E-state index contributed by atoms with van der Waals surface area (Å²) in [5, 5.41) is 0. The van der Waals surface area contributed by atoms with Crippen LogP contribution in [0.1, 0.15) is 40.4 Å². The highest BCUT2D eigenvalue weighted by Crippen LogP contribution is 2.49. The molecule has 2 aliphatic carbocycles. The van der Waals surface area contributed by atoms with E-state index in [1.54, 1.807) is 0 Å². The second kappa shape index (κ2) is 2.00. The molecule has 2 bridgehead atoms. The molecule has 0 nitrogen and oxygen atoms in total. The van der Waals surface area contributed by atoms with E-state index in [4.69, 9.17) is 1.37 Å². The van der Waals surface area contributed by atoms with Gasteiger partial charge in [-0.15, -0.1) is 0 Å². The highest BCUT2D eigenvalue weighted by atomic mass is 14.4. The Hall–Kier alpha value is 0. The van der Waals surface area contributed by atoms with Gasteiger partial charge in [-0.1, -0.05) is 19.7 Å². The molecule has 2 fully saturated rings. The van der Waals surface area contributed by atoms with Crippen LogP contribution in [0.5, 0.6) is 0 Å². The molecule has 0 aromatic heterocycles. The van der Waals surface area contributed by atoms with E-state index in [9.17, 15) is 0 Å². The van der Waals surface area contributed by atoms with Crippen LogP contribution in [-0.2, 0) is 0 Å². The summed E-state index contributed by atoms with van der Waals surface area (Å²) in [5.41, 5.74) is 0. The van der Waals surface area contributed by atoms with Gasteiger partial charge in [0.05, 0.1) is 0 Å². The van der Waals surface area contributed by atoms with E-state index in [1.165, 1.54) is 25.7 Å². The van der Waals surface area contributed by atoms with Crippen molar-refractivity contribution in [3.63, 3.8) is 0 Å². The first-order valence-electron chi connectivity index (χ1n) is 4.77. The fraction of sp³-hybridized carbons (Fsp3) is 1.00. The molecular weight excluding hydrogens is 108 g/mol. The van der Waals surface area contributed by atoms with Crippen molar-refractivity contribution in [3.8, 4) is 0 Å². The maximum atomic E-state index is 7.63. The van der Waals surface area contributed by atoms with Gasteiger partial charge in [0.15, 0.2) is 0 Å². The summed E-state index contributed by atoms with van der Waals surface area (Å²) in [5.74, 6) is 2.72. The van der Waals surface area contributed by atoms with Crippen LogP contribution in [0.25, 0.3) is 0 Å². The first-order chi connectivity index (χ1) is 4.77. The van der Waals surface area contributed by atoms with Gasteiger partial charge >= 0.3 is 0 Å². The molecule has 0 heteroatoms. The fourth-order valence-corrected chi connectivity index (χ4v) is 2.70. The first-order valence-corrected chi connectivity index (χ1v) is 4.19. The van der Waals surface area contributed by atoms with E-state index < -0.39 is 0 Å². The zero-order chi connectivity index (χ0) is 7.14. The van der Waals surface area contributed by atoms with Gasteiger partial charge in [-0.3, -0.25) is 0 Å². The predicted octanol–water partition coefficient (Wildman–Crippen LogP) is 2.83. The molecule has 4 unspecified atom stereocenters. The molecule has 2 aliphatic rings. The minimum atomic E-state index is 0.204. The summed E-state index contributed by atoms with van der Waals surface area (Å²) in [6.45, 7) is 2.06. The molecule has 0 N–H and O–H groups in total. The molecule has 0 aromatic carbocycles. The second-order valence-electron chi connectivity index (χ2n) is 3.67. The standard InChI is InChI=1S/C9H16/c1-2-8-5-7-3-4-9(8)6-7/h7-9H,2-6H2,1H3/i2D. The predicted molar refractivity (Wildman–Crippen MR) is 39.2 cm³/mol. The first kappa shape index (κ1) is 4.76. The van der Waals surface area contributed by atoms with Crippen LogP contribution in [0.4, 0.5) is 0 Å². The largest absolute Gasteiger partial charge is 0.0651 e. The van der Waals surface area contributed by atoms with Gasteiger partial charge in [-0.05, 0) is 37.0 Å². The fourth-order valence-electron chi connectivity index (χ4n) is 2.70. The van der Waals surface area contributed by atoms with Crippen molar-refractivity contribution >= 4 is 0 Å².